The van der Waals surface area contributed by atoms with Crippen LogP contribution in [0.15, 0.2) is 18.3 Å². The molecule has 1 aliphatic rings. The summed E-state index contributed by atoms with van der Waals surface area (Å²) in [5, 5.41) is 8.65. The highest BCUT2D eigenvalue weighted by atomic mass is 16.4. The lowest BCUT2D eigenvalue weighted by molar-refractivity contribution is -0.131. The van der Waals surface area contributed by atoms with E-state index in [4.69, 9.17) is 5.11 Å². The number of carboxylic acid groups (broad SMARTS) is 1. The molecule has 2 rings (SSSR count). The predicted octanol–water partition coefficient (Wildman–Crippen LogP) is 3.11. The first kappa shape index (κ1) is 14.6. The summed E-state index contributed by atoms with van der Waals surface area (Å²) in [6.07, 6.45) is 6.94. The third kappa shape index (κ3) is 3.18. The van der Waals surface area contributed by atoms with E-state index in [9.17, 15) is 4.79 Å². The summed E-state index contributed by atoms with van der Waals surface area (Å²) < 4.78 is 0. The largest absolute Gasteiger partial charge is 0.478 e. The lowest BCUT2D eigenvalue weighted by Crippen LogP contribution is -2.43. The molecule has 2 unspecified atom stereocenters. The Labute approximate surface area is 120 Å². The molecule has 20 heavy (non-hydrogen) atoms. The molecule has 2 heterocycles. The molecule has 2 atom stereocenters. The van der Waals surface area contributed by atoms with Gasteiger partial charge >= 0.3 is 5.97 Å². The van der Waals surface area contributed by atoms with Crippen molar-refractivity contribution in [3.05, 3.63) is 29.5 Å². The van der Waals surface area contributed by atoms with Crippen LogP contribution in [0, 0.1) is 12.8 Å². The molecule has 4 heteroatoms. The maximum atomic E-state index is 10.5. The monoisotopic (exact) mass is 274 g/mol. The van der Waals surface area contributed by atoms with Crippen molar-refractivity contribution in [1.29, 1.82) is 0 Å². The van der Waals surface area contributed by atoms with Crippen molar-refractivity contribution in [2.24, 2.45) is 5.92 Å². The van der Waals surface area contributed by atoms with Gasteiger partial charge in [0, 0.05) is 24.9 Å². The highest BCUT2D eigenvalue weighted by Crippen LogP contribution is 2.29. The van der Waals surface area contributed by atoms with Crippen molar-refractivity contribution in [2.45, 2.75) is 39.7 Å². The fourth-order valence-electron chi connectivity index (χ4n) is 2.78. The summed E-state index contributed by atoms with van der Waals surface area (Å²) in [4.78, 5) is 17.5. The van der Waals surface area contributed by atoms with E-state index >= 15 is 0 Å². The summed E-state index contributed by atoms with van der Waals surface area (Å²) in [7, 11) is 0. The molecule has 0 radical (unpaired) electrons. The zero-order chi connectivity index (χ0) is 14.7. The predicted molar refractivity (Wildman–Crippen MR) is 80.8 cm³/mol. The standard InChI is InChI=1S/C16H22N2O2/c1-11-5-4-8-18(13(11)3)16-12(2)9-14(10-17-16)6-7-15(19)20/h6-7,9-11,13H,4-5,8H2,1-3H3,(H,19,20)/b7-6+. The molecule has 0 saturated carbocycles. The van der Waals surface area contributed by atoms with Crippen LogP contribution in [0.4, 0.5) is 5.82 Å². The number of pyridine rings is 1. The van der Waals surface area contributed by atoms with E-state index in [-0.39, 0.29) is 0 Å². The lowest BCUT2D eigenvalue weighted by atomic mass is 9.92. The summed E-state index contributed by atoms with van der Waals surface area (Å²) in [6, 6.07) is 2.49. The first-order chi connectivity index (χ1) is 9.49. The van der Waals surface area contributed by atoms with Crippen molar-refractivity contribution in [3.63, 3.8) is 0 Å². The zero-order valence-electron chi connectivity index (χ0n) is 12.3. The van der Waals surface area contributed by atoms with E-state index in [0.29, 0.717) is 12.0 Å². The first-order valence-corrected chi connectivity index (χ1v) is 7.13. The molecule has 4 nitrogen and oxygen atoms in total. The average Bonchev–Trinajstić information content (AvgIpc) is 2.40. The Hall–Kier alpha value is -1.84. The van der Waals surface area contributed by atoms with Crippen LogP contribution in [0.2, 0.25) is 0 Å². The molecule has 1 N–H and O–H groups in total. The van der Waals surface area contributed by atoms with Gasteiger partial charge < -0.3 is 10.0 Å². The van der Waals surface area contributed by atoms with Crippen LogP contribution in [0.3, 0.4) is 0 Å². The molecular formula is C16H22N2O2. The van der Waals surface area contributed by atoms with Crippen molar-refractivity contribution in [1.82, 2.24) is 4.98 Å². The second-order valence-electron chi connectivity index (χ2n) is 5.63. The number of carboxylic acids is 1. The second kappa shape index (κ2) is 6.07. The minimum absolute atomic E-state index is 0.496. The molecule has 1 fully saturated rings. The van der Waals surface area contributed by atoms with Gasteiger partial charge in [-0.3, -0.25) is 0 Å². The number of anilines is 1. The van der Waals surface area contributed by atoms with Gasteiger partial charge in [0.2, 0.25) is 0 Å². The van der Waals surface area contributed by atoms with E-state index in [0.717, 1.165) is 29.6 Å². The molecule has 1 saturated heterocycles. The highest BCUT2D eigenvalue weighted by molar-refractivity contribution is 5.85. The highest BCUT2D eigenvalue weighted by Gasteiger charge is 2.26. The third-order valence-corrected chi connectivity index (χ3v) is 4.14. The number of hydrogen-bond donors (Lipinski definition) is 1. The molecule has 1 aliphatic heterocycles. The Bertz CT molecular complexity index is 525. The minimum Gasteiger partial charge on any atom is -0.478 e. The van der Waals surface area contributed by atoms with Crippen molar-refractivity contribution >= 4 is 17.9 Å². The minimum atomic E-state index is -0.940. The van der Waals surface area contributed by atoms with Gasteiger partial charge in [0.15, 0.2) is 0 Å². The van der Waals surface area contributed by atoms with Crippen LogP contribution in [0.25, 0.3) is 6.08 Å². The Morgan fingerprint density at radius 1 is 1.50 bits per heavy atom. The maximum Gasteiger partial charge on any atom is 0.328 e. The number of nitrogens with zero attached hydrogens (tertiary/aromatic N) is 2. The van der Waals surface area contributed by atoms with Crippen LogP contribution in [0.5, 0.6) is 0 Å². The summed E-state index contributed by atoms with van der Waals surface area (Å²) in [6.45, 7) is 7.62. The number of rotatable bonds is 3. The van der Waals surface area contributed by atoms with E-state index < -0.39 is 5.97 Å². The number of aromatic nitrogens is 1. The molecule has 0 amide bonds. The van der Waals surface area contributed by atoms with Gasteiger partial charge in [-0.25, -0.2) is 9.78 Å². The molecule has 0 spiro atoms. The van der Waals surface area contributed by atoms with Gasteiger partial charge in [0.1, 0.15) is 5.82 Å². The van der Waals surface area contributed by atoms with Gasteiger partial charge in [0.05, 0.1) is 0 Å². The summed E-state index contributed by atoms with van der Waals surface area (Å²) >= 11 is 0. The SMILES string of the molecule is Cc1cc(/C=C/C(=O)O)cnc1N1CCCC(C)C1C. The normalized spacial score (nSPS) is 23.2. The fourth-order valence-corrected chi connectivity index (χ4v) is 2.78. The number of carbonyl (C=O) groups is 1. The molecule has 108 valence electrons. The Kier molecular flexibility index (Phi) is 4.42. The first-order valence-electron chi connectivity index (χ1n) is 7.13. The van der Waals surface area contributed by atoms with E-state index in [1.807, 2.05) is 13.0 Å². The number of hydrogen-bond acceptors (Lipinski definition) is 3. The lowest BCUT2D eigenvalue weighted by Gasteiger charge is -2.39. The molecule has 1 aromatic rings. The fraction of sp³-hybridized carbons (Fsp3) is 0.500. The van der Waals surface area contributed by atoms with Gasteiger partial charge in [0.25, 0.3) is 0 Å². The van der Waals surface area contributed by atoms with Gasteiger partial charge in [-0.15, -0.1) is 0 Å². The van der Waals surface area contributed by atoms with E-state index in [1.165, 1.54) is 12.8 Å². The maximum absolute atomic E-state index is 10.5. The molecule has 0 aromatic carbocycles. The number of aryl methyl sites for hydroxylation is 1. The Morgan fingerprint density at radius 3 is 2.90 bits per heavy atom. The smallest absolute Gasteiger partial charge is 0.328 e. The molecular weight excluding hydrogens is 252 g/mol. The Balaban J connectivity index is 2.23. The van der Waals surface area contributed by atoms with Crippen LogP contribution in [-0.4, -0.2) is 28.6 Å². The molecule has 0 bridgehead atoms. The molecule has 0 aliphatic carbocycles. The van der Waals surface area contributed by atoms with Crippen LogP contribution < -0.4 is 4.90 Å². The van der Waals surface area contributed by atoms with Crippen molar-refractivity contribution < 1.29 is 9.90 Å². The number of aliphatic carboxylic acids is 1. The quantitative estimate of drug-likeness (QED) is 0.860. The Morgan fingerprint density at radius 2 is 2.25 bits per heavy atom. The summed E-state index contributed by atoms with van der Waals surface area (Å²) in [5.74, 6) is 0.762. The topological polar surface area (TPSA) is 53.4 Å². The molecule has 1 aromatic heterocycles. The summed E-state index contributed by atoms with van der Waals surface area (Å²) in [5.41, 5.74) is 1.92. The van der Waals surface area contributed by atoms with Gasteiger partial charge in [-0.2, -0.15) is 0 Å². The zero-order valence-corrected chi connectivity index (χ0v) is 12.3. The average molecular weight is 274 g/mol. The number of piperidine rings is 1. The second-order valence-corrected chi connectivity index (χ2v) is 5.63. The van der Waals surface area contributed by atoms with Gasteiger partial charge in [-0.05, 0) is 55.9 Å². The van der Waals surface area contributed by atoms with Crippen molar-refractivity contribution in [2.75, 3.05) is 11.4 Å². The van der Waals surface area contributed by atoms with Crippen LogP contribution in [0.1, 0.15) is 37.8 Å². The van der Waals surface area contributed by atoms with E-state index in [2.05, 4.69) is 23.7 Å². The third-order valence-electron chi connectivity index (χ3n) is 4.14. The van der Waals surface area contributed by atoms with E-state index in [1.54, 1.807) is 12.3 Å². The van der Waals surface area contributed by atoms with Crippen LogP contribution >= 0.6 is 0 Å². The van der Waals surface area contributed by atoms with Gasteiger partial charge in [-0.1, -0.05) is 6.92 Å². The van der Waals surface area contributed by atoms with Crippen LogP contribution in [-0.2, 0) is 4.79 Å². The van der Waals surface area contributed by atoms with Crippen molar-refractivity contribution in [3.8, 4) is 0 Å².